The lowest BCUT2D eigenvalue weighted by Gasteiger charge is -2.15. The highest BCUT2D eigenvalue weighted by Gasteiger charge is 2.34. The first-order chi connectivity index (χ1) is 14.8. The molecule has 1 aliphatic rings. The standard InChI is InChI=1S/C21H15F3N4O3/c22-21(23,24)13-5-7-14(8-6-13)27-17-18(26-10-9-25-17)31-12-11-28-19(29)15-3-1-2-4-16(15)20(28)30/h1-10H,11-12H2,(H,25,27). The summed E-state index contributed by atoms with van der Waals surface area (Å²) in [5.74, 6) is -0.526. The number of amides is 2. The van der Waals surface area contributed by atoms with Gasteiger partial charge in [-0.1, -0.05) is 12.1 Å². The molecule has 2 heterocycles. The number of nitrogens with zero attached hydrogens (tertiary/aromatic N) is 3. The quantitative estimate of drug-likeness (QED) is 0.600. The molecular formula is C21H15F3N4O3. The molecule has 2 aromatic carbocycles. The van der Waals surface area contributed by atoms with E-state index in [0.717, 1.165) is 17.0 Å². The molecule has 1 aliphatic heterocycles. The molecule has 31 heavy (non-hydrogen) atoms. The summed E-state index contributed by atoms with van der Waals surface area (Å²) in [4.78, 5) is 34.0. The van der Waals surface area contributed by atoms with Gasteiger partial charge in [-0.15, -0.1) is 0 Å². The molecule has 7 nitrogen and oxygen atoms in total. The third-order valence-electron chi connectivity index (χ3n) is 4.57. The van der Waals surface area contributed by atoms with E-state index in [1.807, 2.05) is 0 Å². The van der Waals surface area contributed by atoms with Crippen molar-refractivity contribution in [3.05, 3.63) is 77.6 Å². The fraction of sp³-hybridized carbons (Fsp3) is 0.143. The van der Waals surface area contributed by atoms with Crippen molar-refractivity contribution < 1.29 is 27.5 Å². The number of fused-ring (bicyclic) bond motifs is 1. The number of carbonyl (C=O) groups is 2. The maximum absolute atomic E-state index is 12.7. The van der Waals surface area contributed by atoms with Crippen LogP contribution in [0.5, 0.6) is 5.88 Å². The first-order valence-electron chi connectivity index (χ1n) is 9.18. The monoisotopic (exact) mass is 428 g/mol. The third-order valence-corrected chi connectivity index (χ3v) is 4.57. The molecule has 0 bridgehead atoms. The summed E-state index contributed by atoms with van der Waals surface area (Å²) in [5, 5.41) is 2.85. The molecule has 3 aromatic rings. The number of hydrogen-bond acceptors (Lipinski definition) is 6. The Bertz CT molecular complexity index is 1100. The summed E-state index contributed by atoms with van der Waals surface area (Å²) < 4.78 is 43.7. The molecule has 0 saturated carbocycles. The Labute approximate surface area is 174 Å². The molecule has 4 rings (SSSR count). The van der Waals surface area contributed by atoms with Crippen LogP contribution in [-0.4, -0.2) is 39.8 Å². The molecule has 0 atom stereocenters. The first kappa shape index (κ1) is 20.3. The van der Waals surface area contributed by atoms with Crippen molar-refractivity contribution in [2.24, 2.45) is 0 Å². The number of rotatable bonds is 6. The lowest BCUT2D eigenvalue weighted by molar-refractivity contribution is -0.137. The number of aromatic nitrogens is 2. The van der Waals surface area contributed by atoms with E-state index in [-0.39, 0.29) is 24.8 Å². The SMILES string of the molecule is O=C1c2ccccc2C(=O)N1CCOc1nccnc1Nc1ccc(C(F)(F)F)cc1. The zero-order chi connectivity index (χ0) is 22.0. The molecule has 0 aliphatic carbocycles. The number of hydrogen-bond donors (Lipinski definition) is 1. The van der Waals surface area contributed by atoms with E-state index < -0.39 is 23.6 Å². The number of nitrogens with one attached hydrogen (secondary N) is 1. The number of benzene rings is 2. The van der Waals surface area contributed by atoms with Crippen LogP contribution in [0.15, 0.2) is 60.9 Å². The maximum atomic E-state index is 12.7. The number of anilines is 2. The summed E-state index contributed by atoms with van der Waals surface area (Å²) in [5.41, 5.74) is 0.279. The van der Waals surface area contributed by atoms with Crippen molar-refractivity contribution in [3.63, 3.8) is 0 Å². The van der Waals surface area contributed by atoms with Gasteiger partial charge in [-0.2, -0.15) is 13.2 Å². The molecule has 2 amide bonds. The summed E-state index contributed by atoms with van der Waals surface area (Å²) >= 11 is 0. The van der Waals surface area contributed by atoms with Gasteiger partial charge in [0.25, 0.3) is 17.7 Å². The first-order valence-corrected chi connectivity index (χ1v) is 9.18. The van der Waals surface area contributed by atoms with Gasteiger partial charge >= 0.3 is 6.18 Å². The average Bonchev–Trinajstić information content (AvgIpc) is 3.00. The van der Waals surface area contributed by atoms with Gasteiger partial charge < -0.3 is 10.1 Å². The lowest BCUT2D eigenvalue weighted by Crippen LogP contribution is -2.33. The van der Waals surface area contributed by atoms with E-state index in [1.165, 1.54) is 24.5 Å². The van der Waals surface area contributed by atoms with Gasteiger partial charge in [0.15, 0.2) is 5.82 Å². The van der Waals surface area contributed by atoms with Crippen molar-refractivity contribution >= 4 is 23.3 Å². The molecule has 10 heteroatoms. The van der Waals surface area contributed by atoms with Crippen LogP contribution in [-0.2, 0) is 6.18 Å². The minimum Gasteiger partial charge on any atom is -0.473 e. The van der Waals surface area contributed by atoms with Gasteiger partial charge in [0.2, 0.25) is 0 Å². The lowest BCUT2D eigenvalue weighted by atomic mass is 10.1. The summed E-state index contributed by atoms with van der Waals surface area (Å²) in [6.45, 7) is -0.0332. The van der Waals surface area contributed by atoms with Crippen LogP contribution >= 0.6 is 0 Å². The van der Waals surface area contributed by atoms with Crippen molar-refractivity contribution in [3.8, 4) is 5.88 Å². The Kier molecular flexibility index (Phi) is 5.28. The van der Waals surface area contributed by atoms with Gasteiger partial charge in [0, 0.05) is 18.1 Å². The number of carbonyl (C=O) groups excluding carboxylic acids is 2. The van der Waals surface area contributed by atoms with Gasteiger partial charge in [-0.3, -0.25) is 14.5 Å². The highest BCUT2D eigenvalue weighted by molar-refractivity contribution is 6.21. The third kappa shape index (κ3) is 4.18. The Morgan fingerprint density at radius 1 is 0.903 bits per heavy atom. The number of alkyl halides is 3. The number of halogens is 3. The Balaban J connectivity index is 1.41. The fourth-order valence-electron chi connectivity index (χ4n) is 3.07. The van der Waals surface area contributed by atoms with Crippen molar-refractivity contribution in [2.75, 3.05) is 18.5 Å². The van der Waals surface area contributed by atoms with E-state index in [9.17, 15) is 22.8 Å². The topological polar surface area (TPSA) is 84.4 Å². The van der Waals surface area contributed by atoms with Gasteiger partial charge in [-0.05, 0) is 36.4 Å². The summed E-state index contributed by atoms with van der Waals surface area (Å²) in [7, 11) is 0. The predicted octanol–water partition coefficient (Wildman–Crippen LogP) is 3.91. The van der Waals surface area contributed by atoms with Crippen molar-refractivity contribution in [1.82, 2.24) is 14.9 Å². The Morgan fingerprint density at radius 2 is 1.52 bits per heavy atom. The largest absolute Gasteiger partial charge is 0.473 e. The van der Waals surface area contributed by atoms with E-state index in [2.05, 4.69) is 15.3 Å². The molecule has 0 spiro atoms. The molecule has 158 valence electrons. The highest BCUT2D eigenvalue weighted by atomic mass is 19.4. The van der Waals surface area contributed by atoms with Crippen LogP contribution in [0.1, 0.15) is 26.3 Å². The highest BCUT2D eigenvalue weighted by Crippen LogP contribution is 2.31. The minimum absolute atomic E-state index is 0.00262. The van der Waals surface area contributed by atoms with E-state index >= 15 is 0 Å². The zero-order valence-corrected chi connectivity index (χ0v) is 15.9. The van der Waals surface area contributed by atoms with Crippen molar-refractivity contribution in [1.29, 1.82) is 0 Å². The van der Waals surface area contributed by atoms with E-state index in [0.29, 0.717) is 16.8 Å². The molecular weight excluding hydrogens is 413 g/mol. The fourth-order valence-corrected chi connectivity index (χ4v) is 3.07. The van der Waals surface area contributed by atoms with Crippen LogP contribution in [0.4, 0.5) is 24.7 Å². The summed E-state index contributed by atoms with van der Waals surface area (Å²) in [6, 6.07) is 11.0. The molecule has 0 radical (unpaired) electrons. The Hall–Kier alpha value is -3.95. The second-order valence-electron chi connectivity index (χ2n) is 6.57. The molecule has 0 fully saturated rings. The van der Waals surface area contributed by atoms with Crippen LogP contribution in [0.3, 0.4) is 0 Å². The van der Waals surface area contributed by atoms with Crippen molar-refractivity contribution in [2.45, 2.75) is 6.18 Å². The zero-order valence-electron chi connectivity index (χ0n) is 15.9. The second-order valence-corrected chi connectivity index (χ2v) is 6.57. The van der Waals surface area contributed by atoms with Crippen LogP contribution in [0.25, 0.3) is 0 Å². The molecule has 0 unspecified atom stereocenters. The number of ether oxygens (including phenoxy) is 1. The minimum atomic E-state index is -4.43. The normalized spacial score (nSPS) is 13.3. The van der Waals surface area contributed by atoms with Crippen LogP contribution in [0.2, 0.25) is 0 Å². The van der Waals surface area contributed by atoms with Crippen LogP contribution < -0.4 is 10.1 Å². The second kappa shape index (κ2) is 8.05. The Morgan fingerprint density at radius 3 is 2.13 bits per heavy atom. The molecule has 0 saturated heterocycles. The summed E-state index contributed by atoms with van der Waals surface area (Å²) in [6.07, 6.45) is -1.65. The van der Waals surface area contributed by atoms with Gasteiger partial charge in [0.05, 0.1) is 23.2 Å². The van der Waals surface area contributed by atoms with Gasteiger partial charge in [0.1, 0.15) is 6.61 Å². The number of imide groups is 1. The van der Waals surface area contributed by atoms with E-state index in [1.54, 1.807) is 24.3 Å². The van der Waals surface area contributed by atoms with Crippen LogP contribution in [0, 0.1) is 0 Å². The average molecular weight is 428 g/mol. The predicted molar refractivity (Wildman–Crippen MR) is 104 cm³/mol. The molecule has 1 N–H and O–H groups in total. The van der Waals surface area contributed by atoms with Gasteiger partial charge in [-0.25, -0.2) is 9.97 Å². The van der Waals surface area contributed by atoms with E-state index in [4.69, 9.17) is 4.74 Å². The smallest absolute Gasteiger partial charge is 0.416 e. The maximum Gasteiger partial charge on any atom is 0.416 e. The molecule has 1 aromatic heterocycles.